The van der Waals surface area contributed by atoms with E-state index in [9.17, 15) is 4.79 Å². The summed E-state index contributed by atoms with van der Waals surface area (Å²) >= 11 is 7.17. The van der Waals surface area contributed by atoms with E-state index in [1.54, 1.807) is 30.4 Å². The van der Waals surface area contributed by atoms with Crippen molar-refractivity contribution in [2.75, 3.05) is 18.9 Å². The average molecular weight is 391 g/mol. The van der Waals surface area contributed by atoms with Crippen LogP contribution >= 0.6 is 22.9 Å². The third-order valence-electron chi connectivity index (χ3n) is 3.47. The number of aliphatic hydroxyl groups excluding tert-OH is 1. The van der Waals surface area contributed by atoms with Crippen LogP contribution in [0.2, 0.25) is 5.02 Å². The minimum absolute atomic E-state index is 0.0829. The summed E-state index contributed by atoms with van der Waals surface area (Å²) in [5.74, 6) is -0.629. The fourth-order valence-corrected chi connectivity index (χ4v) is 3.49. The summed E-state index contributed by atoms with van der Waals surface area (Å²) < 4.78 is 5.51. The normalized spacial score (nSPS) is 11.3. The van der Waals surface area contributed by atoms with E-state index < -0.39 is 5.91 Å². The molecule has 1 amide bonds. The summed E-state index contributed by atoms with van der Waals surface area (Å²) in [5, 5.41) is 9.83. The summed E-state index contributed by atoms with van der Waals surface area (Å²) in [6.45, 7) is 0.102. The second kappa shape index (κ2) is 7.69. The molecule has 0 aliphatic heterocycles. The maximum absolute atomic E-state index is 11.6. The van der Waals surface area contributed by atoms with E-state index >= 15 is 0 Å². The number of benzene rings is 1. The van der Waals surface area contributed by atoms with E-state index in [0.717, 1.165) is 11.3 Å². The molecule has 1 aromatic carbocycles. The Morgan fingerprint density at radius 1 is 1.35 bits per heavy atom. The molecule has 2 heterocycles. The summed E-state index contributed by atoms with van der Waals surface area (Å²) in [6, 6.07) is 7.21. The Labute approximate surface area is 157 Å². The lowest BCUT2D eigenvalue weighted by molar-refractivity contribution is 0.100. The Kier molecular flexibility index (Phi) is 5.36. The van der Waals surface area contributed by atoms with Gasteiger partial charge in [-0.05, 0) is 18.2 Å². The van der Waals surface area contributed by atoms with Gasteiger partial charge in [-0.1, -0.05) is 29.8 Å². The second-order valence-corrected chi connectivity index (χ2v) is 6.65. The number of amides is 1. The van der Waals surface area contributed by atoms with Crippen molar-refractivity contribution < 1.29 is 14.6 Å². The van der Waals surface area contributed by atoms with Crippen LogP contribution in [0, 0.1) is 0 Å². The number of aromatic nitrogens is 2. The molecule has 0 aliphatic carbocycles. The van der Waals surface area contributed by atoms with Gasteiger partial charge >= 0.3 is 6.01 Å². The van der Waals surface area contributed by atoms with E-state index in [1.165, 1.54) is 0 Å². The Morgan fingerprint density at radius 3 is 2.85 bits per heavy atom. The molecule has 9 heteroatoms. The first kappa shape index (κ1) is 18.1. The first-order valence-electron chi connectivity index (χ1n) is 7.55. The van der Waals surface area contributed by atoms with E-state index in [-0.39, 0.29) is 29.8 Å². The van der Waals surface area contributed by atoms with Crippen molar-refractivity contribution in [3.63, 3.8) is 0 Å². The first-order chi connectivity index (χ1) is 12.5. The molecule has 0 atom stereocenters. The number of hydrogen-bond donors (Lipinski definition) is 3. The topological polar surface area (TPSA) is 124 Å². The van der Waals surface area contributed by atoms with Gasteiger partial charge in [-0.25, -0.2) is 0 Å². The van der Waals surface area contributed by atoms with Gasteiger partial charge in [0.25, 0.3) is 5.91 Å². The molecule has 3 aromatic rings. The van der Waals surface area contributed by atoms with Crippen molar-refractivity contribution in [3.05, 3.63) is 46.3 Å². The Hall–Kier alpha value is -2.68. The zero-order valence-electron chi connectivity index (χ0n) is 13.5. The molecule has 2 aromatic heterocycles. The SMILES string of the molecule is NC(=O)c1sc2nc(OC/C=C\CO)nc(-c3cccc(Cl)c3)c2c1N. The van der Waals surface area contributed by atoms with Gasteiger partial charge < -0.3 is 21.3 Å². The molecule has 134 valence electrons. The van der Waals surface area contributed by atoms with Crippen LogP contribution in [-0.2, 0) is 0 Å². The summed E-state index contributed by atoms with van der Waals surface area (Å²) in [7, 11) is 0. The number of nitrogen functional groups attached to an aromatic ring is 1. The molecule has 7 nitrogen and oxygen atoms in total. The van der Waals surface area contributed by atoms with Crippen LogP contribution in [0.25, 0.3) is 21.5 Å². The highest BCUT2D eigenvalue weighted by atomic mass is 35.5. The molecule has 0 fully saturated rings. The van der Waals surface area contributed by atoms with Crippen molar-refractivity contribution in [1.82, 2.24) is 9.97 Å². The largest absolute Gasteiger partial charge is 0.459 e. The molecule has 3 rings (SSSR count). The van der Waals surface area contributed by atoms with E-state index in [2.05, 4.69) is 9.97 Å². The molecule has 0 saturated heterocycles. The van der Waals surface area contributed by atoms with E-state index in [1.807, 2.05) is 6.07 Å². The van der Waals surface area contributed by atoms with Crippen LogP contribution in [0.3, 0.4) is 0 Å². The lowest BCUT2D eigenvalue weighted by atomic mass is 10.1. The van der Waals surface area contributed by atoms with Crippen LogP contribution in [-0.4, -0.2) is 34.2 Å². The molecule has 26 heavy (non-hydrogen) atoms. The number of thiophene rings is 1. The van der Waals surface area contributed by atoms with E-state index in [0.29, 0.717) is 26.5 Å². The Bertz CT molecular complexity index is 1000. The van der Waals surface area contributed by atoms with Crippen LogP contribution in [0.1, 0.15) is 9.67 Å². The molecule has 0 saturated carbocycles. The first-order valence-corrected chi connectivity index (χ1v) is 8.75. The highest BCUT2D eigenvalue weighted by molar-refractivity contribution is 7.21. The summed E-state index contributed by atoms with van der Waals surface area (Å²) in [5.41, 5.74) is 13.0. The quantitative estimate of drug-likeness (QED) is 0.555. The van der Waals surface area contributed by atoms with E-state index in [4.69, 9.17) is 32.9 Å². The number of halogens is 1. The molecule has 0 bridgehead atoms. The smallest absolute Gasteiger partial charge is 0.318 e. The monoisotopic (exact) mass is 390 g/mol. The zero-order valence-corrected chi connectivity index (χ0v) is 15.0. The predicted molar refractivity (Wildman–Crippen MR) is 103 cm³/mol. The van der Waals surface area contributed by atoms with Crippen LogP contribution in [0.15, 0.2) is 36.4 Å². The third-order valence-corrected chi connectivity index (χ3v) is 4.82. The third kappa shape index (κ3) is 3.62. The number of hydrogen-bond acceptors (Lipinski definition) is 7. The van der Waals surface area contributed by atoms with Gasteiger partial charge in [-0.3, -0.25) is 4.79 Å². The molecule has 0 radical (unpaired) electrons. The average Bonchev–Trinajstić information content (AvgIpc) is 2.95. The number of nitrogens with two attached hydrogens (primary N) is 2. The van der Waals surface area contributed by atoms with Crippen LogP contribution in [0.4, 0.5) is 5.69 Å². The lowest BCUT2D eigenvalue weighted by Crippen LogP contribution is -2.10. The maximum Gasteiger partial charge on any atom is 0.318 e. The van der Waals surface area contributed by atoms with Gasteiger partial charge in [0.15, 0.2) is 0 Å². The Balaban J connectivity index is 2.17. The highest BCUT2D eigenvalue weighted by Gasteiger charge is 2.21. The predicted octanol–water partition coefficient (Wildman–Crippen LogP) is 2.62. The van der Waals surface area contributed by atoms with Gasteiger partial charge in [-0.2, -0.15) is 9.97 Å². The second-order valence-electron chi connectivity index (χ2n) is 5.22. The fourth-order valence-electron chi connectivity index (χ4n) is 2.36. The number of nitrogens with zero attached hydrogens (tertiary/aromatic N) is 2. The number of primary amides is 1. The number of ether oxygens (including phenoxy) is 1. The van der Waals surface area contributed by atoms with Crippen molar-refractivity contribution >= 4 is 44.7 Å². The standard InChI is InChI=1S/C17H15ClN4O3S/c18-10-5-3-4-9(8-10)13-11-12(19)14(15(20)24)26-16(11)22-17(21-13)25-7-2-1-6-23/h1-5,8,23H,6-7,19H2,(H2,20,24)/b2-1-. The van der Waals surface area contributed by atoms with Crippen LogP contribution < -0.4 is 16.2 Å². The van der Waals surface area contributed by atoms with Crippen molar-refractivity contribution in [2.24, 2.45) is 5.73 Å². The van der Waals surface area contributed by atoms with Gasteiger partial charge in [0, 0.05) is 10.6 Å². The number of anilines is 1. The van der Waals surface area contributed by atoms with Gasteiger partial charge in [0.05, 0.1) is 23.4 Å². The number of aliphatic hydroxyl groups is 1. The minimum Gasteiger partial charge on any atom is -0.459 e. The van der Waals surface area contributed by atoms with Crippen LogP contribution in [0.5, 0.6) is 6.01 Å². The van der Waals surface area contributed by atoms with Gasteiger partial charge in [-0.15, -0.1) is 11.3 Å². The fraction of sp³-hybridized carbons (Fsp3) is 0.118. The molecule has 0 spiro atoms. The summed E-state index contributed by atoms with van der Waals surface area (Å²) in [4.78, 5) is 21.1. The molecule has 0 aliphatic rings. The zero-order chi connectivity index (χ0) is 18.7. The number of carbonyl (C=O) groups is 1. The summed E-state index contributed by atoms with van der Waals surface area (Å²) in [6.07, 6.45) is 3.19. The Morgan fingerprint density at radius 2 is 2.15 bits per heavy atom. The minimum atomic E-state index is -0.629. The lowest BCUT2D eigenvalue weighted by Gasteiger charge is -2.08. The van der Waals surface area contributed by atoms with Crippen molar-refractivity contribution in [3.8, 4) is 17.3 Å². The van der Waals surface area contributed by atoms with Crippen molar-refractivity contribution in [1.29, 1.82) is 0 Å². The molecular weight excluding hydrogens is 376 g/mol. The molecule has 0 unspecified atom stereocenters. The number of fused-ring (bicyclic) bond motifs is 1. The van der Waals surface area contributed by atoms with Gasteiger partial charge in [0.1, 0.15) is 16.3 Å². The highest BCUT2D eigenvalue weighted by Crippen LogP contribution is 2.39. The number of rotatable bonds is 6. The number of carbonyl (C=O) groups excluding carboxylic acids is 1. The maximum atomic E-state index is 11.6. The molecule has 5 N–H and O–H groups in total. The van der Waals surface area contributed by atoms with Gasteiger partial charge in [0.2, 0.25) is 0 Å². The van der Waals surface area contributed by atoms with Crippen molar-refractivity contribution in [2.45, 2.75) is 0 Å². The molecular formula is C17H15ClN4O3S.